The van der Waals surface area contributed by atoms with Crippen LogP contribution in [0.4, 0.5) is 0 Å². The van der Waals surface area contributed by atoms with Gasteiger partial charge in [0, 0.05) is 0 Å². The molecule has 0 bridgehead atoms. The molecule has 2 saturated carbocycles. The Morgan fingerprint density at radius 2 is 1.62 bits per heavy atom. The minimum absolute atomic E-state index is 0.972. The summed E-state index contributed by atoms with van der Waals surface area (Å²) < 4.78 is 0. The van der Waals surface area contributed by atoms with Crippen molar-refractivity contribution in [2.24, 2.45) is 35.5 Å². The van der Waals surface area contributed by atoms with E-state index in [1.54, 1.807) is 6.42 Å². The summed E-state index contributed by atoms with van der Waals surface area (Å²) >= 11 is 0. The predicted molar refractivity (Wildman–Crippen MR) is 71.3 cm³/mol. The molecule has 0 spiro atoms. The predicted octanol–water partition coefficient (Wildman–Crippen LogP) is 5.13. The first-order valence-corrected chi connectivity index (χ1v) is 7.61. The zero-order valence-corrected chi connectivity index (χ0v) is 11.7. The summed E-state index contributed by atoms with van der Waals surface area (Å²) in [4.78, 5) is 0. The highest BCUT2D eigenvalue weighted by Crippen LogP contribution is 2.47. The second-order valence-corrected chi connectivity index (χ2v) is 6.91. The molecule has 0 saturated heterocycles. The highest BCUT2D eigenvalue weighted by molar-refractivity contribution is 4.87. The van der Waals surface area contributed by atoms with Gasteiger partial charge in [-0.15, -0.1) is 0 Å². The second kappa shape index (κ2) is 5.10. The Morgan fingerprint density at radius 3 is 2.19 bits per heavy atom. The van der Waals surface area contributed by atoms with E-state index in [2.05, 4.69) is 27.7 Å². The van der Waals surface area contributed by atoms with Gasteiger partial charge in [0.2, 0.25) is 0 Å². The molecule has 0 aromatic carbocycles. The maximum Gasteiger partial charge on any atom is -0.0380 e. The SMILES string of the molecule is CCC1CC(C2CCC(C)C2)CC(C)C1C. The molecular formula is C16H30. The van der Waals surface area contributed by atoms with Crippen molar-refractivity contribution in [3.05, 3.63) is 0 Å². The number of hydrogen-bond donors (Lipinski definition) is 0. The Hall–Kier alpha value is 0. The van der Waals surface area contributed by atoms with E-state index in [1.807, 2.05) is 0 Å². The van der Waals surface area contributed by atoms with Crippen LogP contribution >= 0.6 is 0 Å². The molecule has 2 aliphatic rings. The van der Waals surface area contributed by atoms with Gasteiger partial charge in [0.15, 0.2) is 0 Å². The quantitative estimate of drug-likeness (QED) is 0.607. The number of rotatable bonds is 2. The summed E-state index contributed by atoms with van der Waals surface area (Å²) in [5.74, 6) is 6.13. The van der Waals surface area contributed by atoms with Crippen molar-refractivity contribution in [2.75, 3.05) is 0 Å². The van der Waals surface area contributed by atoms with Gasteiger partial charge in [-0.3, -0.25) is 0 Å². The van der Waals surface area contributed by atoms with Crippen LogP contribution in [-0.4, -0.2) is 0 Å². The van der Waals surface area contributed by atoms with Gasteiger partial charge < -0.3 is 0 Å². The van der Waals surface area contributed by atoms with Crippen molar-refractivity contribution < 1.29 is 0 Å². The van der Waals surface area contributed by atoms with E-state index in [4.69, 9.17) is 0 Å². The van der Waals surface area contributed by atoms with Crippen LogP contribution in [0.1, 0.15) is 66.2 Å². The summed E-state index contributed by atoms with van der Waals surface area (Å²) in [6.07, 6.45) is 9.03. The molecule has 0 aromatic heterocycles. The van der Waals surface area contributed by atoms with E-state index < -0.39 is 0 Å². The van der Waals surface area contributed by atoms with E-state index >= 15 is 0 Å². The van der Waals surface area contributed by atoms with Crippen LogP contribution in [0.15, 0.2) is 0 Å². The third-order valence-corrected chi connectivity index (χ3v) is 5.85. The van der Waals surface area contributed by atoms with E-state index in [0.29, 0.717) is 0 Å². The standard InChI is InChI=1S/C16H30/c1-5-14-10-16(9-12(3)13(14)4)15-7-6-11(2)8-15/h11-16H,5-10H2,1-4H3. The van der Waals surface area contributed by atoms with Gasteiger partial charge in [0.1, 0.15) is 0 Å². The van der Waals surface area contributed by atoms with Gasteiger partial charge in [0.05, 0.1) is 0 Å². The Labute approximate surface area is 102 Å². The number of hydrogen-bond acceptors (Lipinski definition) is 0. The van der Waals surface area contributed by atoms with Gasteiger partial charge in [-0.25, -0.2) is 0 Å². The minimum Gasteiger partial charge on any atom is -0.0651 e. The lowest BCUT2D eigenvalue weighted by Gasteiger charge is -2.41. The topological polar surface area (TPSA) is 0 Å². The molecule has 0 heteroatoms. The Bertz CT molecular complexity index is 220. The summed E-state index contributed by atoms with van der Waals surface area (Å²) in [5.41, 5.74) is 0. The third kappa shape index (κ3) is 2.46. The fourth-order valence-electron chi connectivity index (χ4n) is 4.46. The van der Waals surface area contributed by atoms with Gasteiger partial charge in [-0.1, -0.05) is 40.5 Å². The average molecular weight is 222 g/mol. The maximum absolute atomic E-state index is 2.50. The highest BCUT2D eigenvalue weighted by atomic mass is 14.4. The zero-order chi connectivity index (χ0) is 11.7. The highest BCUT2D eigenvalue weighted by Gasteiger charge is 2.37. The third-order valence-electron chi connectivity index (χ3n) is 5.85. The Morgan fingerprint density at radius 1 is 0.875 bits per heavy atom. The summed E-state index contributed by atoms with van der Waals surface area (Å²) in [6.45, 7) is 9.84. The maximum atomic E-state index is 2.50. The minimum atomic E-state index is 0.972. The van der Waals surface area contributed by atoms with Crippen LogP contribution < -0.4 is 0 Å². The second-order valence-electron chi connectivity index (χ2n) is 6.91. The summed E-state index contributed by atoms with van der Waals surface area (Å²) in [5, 5.41) is 0. The largest absolute Gasteiger partial charge is 0.0651 e. The van der Waals surface area contributed by atoms with E-state index in [0.717, 1.165) is 35.5 Å². The molecule has 0 radical (unpaired) electrons. The Balaban J connectivity index is 1.96. The molecule has 0 aliphatic heterocycles. The lowest BCUT2D eigenvalue weighted by molar-refractivity contribution is 0.0912. The molecule has 0 heterocycles. The molecule has 2 rings (SSSR count). The fourth-order valence-corrected chi connectivity index (χ4v) is 4.46. The van der Waals surface area contributed by atoms with Crippen molar-refractivity contribution in [3.63, 3.8) is 0 Å². The van der Waals surface area contributed by atoms with Gasteiger partial charge >= 0.3 is 0 Å². The molecule has 2 fully saturated rings. The molecular weight excluding hydrogens is 192 g/mol. The van der Waals surface area contributed by atoms with Crippen LogP contribution in [0.2, 0.25) is 0 Å². The van der Waals surface area contributed by atoms with E-state index in [9.17, 15) is 0 Å². The molecule has 2 aliphatic carbocycles. The van der Waals surface area contributed by atoms with Gasteiger partial charge in [-0.2, -0.15) is 0 Å². The van der Waals surface area contributed by atoms with Crippen LogP contribution in [0, 0.1) is 35.5 Å². The van der Waals surface area contributed by atoms with Crippen molar-refractivity contribution in [2.45, 2.75) is 66.2 Å². The molecule has 6 atom stereocenters. The van der Waals surface area contributed by atoms with Crippen molar-refractivity contribution in [3.8, 4) is 0 Å². The fraction of sp³-hybridized carbons (Fsp3) is 1.00. The van der Waals surface area contributed by atoms with Crippen molar-refractivity contribution in [1.82, 2.24) is 0 Å². The lowest BCUT2D eigenvalue weighted by Crippen LogP contribution is -2.32. The van der Waals surface area contributed by atoms with E-state index in [-0.39, 0.29) is 0 Å². The molecule has 0 nitrogen and oxygen atoms in total. The molecule has 6 unspecified atom stereocenters. The molecule has 0 N–H and O–H groups in total. The normalized spacial score (nSPS) is 49.5. The summed E-state index contributed by atoms with van der Waals surface area (Å²) in [7, 11) is 0. The van der Waals surface area contributed by atoms with E-state index in [1.165, 1.54) is 32.1 Å². The lowest BCUT2D eigenvalue weighted by atomic mass is 9.65. The zero-order valence-electron chi connectivity index (χ0n) is 11.7. The first kappa shape index (κ1) is 12.5. The monoisotopic (exact) mass is 222 g/mol. The smallest absolute Gasteiger partial charge is 0.0380 e. The van der Waals surface area contributed by atoms with Gasteiger partial charge in [0.25, 0.3) is 0 Å². The van der Waals surface area contributed by atoms with Crippen LogP contribution in [0.5, 0.6) is 0 Å². The first-order chi connectivity index (χ1) is 7.61. The average Bonchev–Trinajstić information content (AvgIpc) is 2.69. The molecule has 0 aromatic rings. The van der Waals surface area contributed by atoms with Gasteiger partial charge in [-0.05, 0) is 61.2 Å². The first-order valence-electron chi connectivity index (χ1n) is 7.61. The summed E-state index contributed by atoms with van der Waals surface area (Å²) in [6, 6.07) is 0. The Kier molecular flexibility index (Phi) is 3.97. The molecule has 0 amide bonds. The van der Waals surface area contributed by atoms with Crippen LogP contribution in [0.3, 0.4) is 0 Å². The van der Waals surface area contributed by atoms with Crippen molar-refractivity contribution >= 4 is 0 Å². The van der Waals surface area contributed by atoms with Crippen LogP contribution in [-0.2, 0) is 0 Å². The molecule has 16 heavy (non-hydrogen) atoms. The van der Waals surface area contributed by atoms with Crippen molar-refractivity contribution in [1.29, 1.82) is 0 Å². The van der Waals surface area contributed by atoms with Crippen LogP contribution in [0.25, 0.3) is 0 Å². The molecule has 94 valence electrons.